The van der Waals surface area contributed by atoms with Gasteiger partial charge in [-0.05, 0) is 11.4 Å². The van der Waals surface area contributed by atoms with Crippen LogP contribution in [0.3, 0.4) is 0 Å². The van der Waals surface area contributed by atoms with Crippen LogP contribution in [0.4, 0.5) is 0 Å². The third-order valence-electron chi connectivity index (χ3n) is 1.47. The first-order valence-corrected chi connectivity index (χ1v) is 4.32. The molecule has 0 saturated carbocycles. The minimum Gasteiger partial charge on any atom is -0.545 e. The summed E-state index contributed by atoms with van der Waals surface area (Å²) in [5.74, 6) is -1.21. The van der Waals surface area contributed by atoms with Gasteiger partial charge >= 0.3 is 51.4 Å². The van der Waals surface area contributed by atoms with Crippen LogP contribution in [-0.4, -0.2) is 21.0 Å². The number of aromatic carboxylic acids is 1. The van der Waals surface area contributed by atoms with E-state index in [0.29, 0.717) is 5.00 Å². The summed E-state index contributed by atoms with van der Waals surface area (Å²) in [5, 5.41) is 20.4. The summed E-state index contributed by atoms with van der Waals surface area (Å²) >= 11 is 1.25. The van der Waals surface area contributed by atoms with Crippen molar-refractivity contribution in [3.05, 3.63) is 29.4 Å². The molecule has 0 aliphatic carbocycles. The van der Waals surface area contributed by atoms with Gasteiger partial charge in [0, 0.05) is 5.56 Å². The molecular weight excluding hydrogens is 229 g/mol. The number of hydrogen-bond donors (Lipinski definition) is 0. The van der Waals surface area contributed by atoms with E-state index < -0.39 is 5.97 Å². The molecule has 0 aliphatic heterocycles. The predicted octanol–water partition coefficient (Wildman–Crippen LogP) is -3.30. The van der Waals surface area contributed by atoms with Crippen molar-refractivity contribution < 1.29 is 61.3 Å². The van der Waals surface area contributed by atoms with Gasteiger partial charge in [-0.3, -0.25) is 0 Å². The topological polar surface area (TPSA) is 70.8 Å². The smallest absolute Gasteiger partial charge is 0.545 e. The molecule has 0 unspecified atom stereocenters. The first-order valence-electron chi connectivity index (χ1n) is 3.44. The number of hydrogen-bond acceptors (Lipinski definition) is 5. The summed E-state index contributed by atoms with van der Waals surface area (Å²) in [6.45, 7) is 0. The summed E-state index contributed by atoms with van der Waals surface area (Å²) in [7, 11) is 0. The number of carbonyl (C=O) groups excluding carboxylic acids is 1. The minimum atomic E-state index is -1.21. The number of thiophene rings is 1. The van der Waals surface area contributed by atoms with E-state index in [9.17, 15) is 9.90 Å². The fraction of sp³-hybridized carbons (Fsp3) is 0. The molecular formula is C7H4KN3O2S. The van der Waals surface area contributed by atoms with Gasteiger partial charge in [0.15, 0.2) is 0 Å². The van der Waals surface area contributed by atoms with Crippen molar-refractivity contribution >= 4 is 17.3 Å². The molecule has 2 rings (SSSR count). The Hall–Kier alpha value is -0.0536. The number of carbonyl (C=O) groups is 1. The molecule has 0 N–H and O–H groups in total. The number of aromatic nitrogens is 3. The van der Waals surface area contributed by atoms with Gasteiger partial charge in [0.25, 0.3) is 0 Å². The van der Waals surface area contributed by atoms with Crippen LogP contribution in [0.2, 0.25) is 0 Å². The van der Waals surface area contributed by atoms with Crippen molar-refractivity contribution in [1.29, 1.82) is 0 Å². The third-order valence-corrected chi connectivity index (χ3v) is 2.34. The Morgan fingerprint density at radius 3 is 2.64 bits per heavy atom. The van der Waals surface area contributed by atoms with Gasteiger partial charge in [0.1, 0.15) is 5.00 Å². The number of carboxylic acids is 1. The van der Waals surface area contributed by atoms with E-state index in [1.54, 1.807) is 5.38 Å². The molecule has 7 heteroatoms. The van der Waals surface area contributed by atoms with E-state index in [2.05, 4.69) is 10.2 Å². The molecule has 2 aromatic rings. The molecule has 0 fully saturated rings. The first-order chi connectivity index (χ1) is 6.29. The van der Waals surface area contributed by atoms with E-state index in [1.165, 1.54) is 34.6 Å². The van der Waals surface area contributed by atoms with E-state index in [1.807, 2.05) is 0 Å². The Bertz CT molecular complexity index is 426. The zero-order valence-electron chi connectivity index (χ0n) is 7.38. The number of nitrogens with zero attached hydrogens (tertiary/aromatic N) is 3. The maximum Gasteiger partial charge on any atom is 1.00 e. The Labute approximate surface area is 126 Å². The molecule has 0 radical (unpaired) electrons. The van der Waals surface area contributed by atoms with Crippen LogP contribution >= 0.6 is 11.3 Å². The largest absolute Gasteiger partial charge is 1.00 e. The average Bonchev–Trinajstić information content (AvgIpc) is 2.74. The van der Waals surface area contributed by atoms with E-state index in [0.717, 1.165) is 0 Å². The Morgan fingerprint density at radius 2 is 2.07 bits per heavy atom. The van der Waals surface area contributed by atoms with Gasteiger partial charge < -0.3 is 9.90 Å². The minimum absolute atomic E-state index is 0. The molecule has 66 valence electrons. The average molecular weight is 233 g/mol. The van der Waals surface area contributed by atoms with Crippen LogP contribution in [0, 0.1) is 0 Å². The standard InChI is InChI=1S/C7H5N3O2S.K/c11-7(12)5-1-4-13-6(5)10-8-2-3-9-10;/h1-4H,(H,11,12);/q;+1/p-1. The summed E-state index contributed by atoms with van der Waals surface area (Å²) in [4.78, 5) is 11.9. The molecule has 14 heavy (non-hydrogen) atoms. The van der Waals surface area contributed by atoms with Gasteiger partial charge in [-0.1, -0.05) is 0 Å². The molecule has 5 nitrogen and oxygen atoms in total. The van der Waals surface area contributed by atoms with Crippen molar-refractivity contribution in [3.63, 3.8) is 0 Å². The van der Waals surface area contributed by atoms with Crippen LogP contribution in [0.25, 0.3) is 5.00 Å². The zero-order chi connectivity index (χ0) is 9.26. The Balaban J connectivity index is 0.000000980. The van der Waals surface area contributed by atoms with E-state index >= 15 is 0 Å². The SMILES string of the molecule is O=C([O-])c1ccsc1-n1nccn1.[K+]. The van der Waals surface area contributed by atoms with Crippen LogP contribution in [-0.2, 0) is 0 Å². The fourth-order valence-corrected chi connectivity index (χ4v) is 1.73. The van der Waals surface area contributed by atoms with Crippen molar-refractivity contribution in [3.8, 4) is 5.00 Å². The molecule has 0 aliphatic rings. The summed E-state index contributed by atoms with van der Waals surface area (Å²) in [6.07, 6.45) is 2.97. The van der Waals surface area contributed by atoms with Crippen LogP contribution < -0.4 is 56.5 Å². The molecule has 0 saturated heterocycles. The van der Waals surface area contributed by atoms with Crippen molar-refractivity contribution in [2.75, 3.05) is 0 Å². The van der Waals surface area contributed by atoms with Crippen LogP contribution in [0.1, 0.15) is 10.4 Å². The predicted molar refractivity (Wildman–Crippen MR) is 43.6 cm³/mol. The number of rotatable bonds is 2. The third kappa shape index (κ3) is 2.30. The maximum atomic E-state index is 10.6. The maximum absolute atomic E-state index is 10.6. The first kappa shape index (κ1) is 12.0. The molecule has 0 aromatic carbocycles. The summed E-state index contributed by atoms with van der Waals surface area (Å²) < 4.78 is 0. The molecule has 0 spiro atoms. The second-order valence-corrected chi connectivity index (χ2v) is 3.14. The van der Waals surface area contributed by atoms with Gasteiger partial charge in [-0.15, -0.1) is 16.1 Å². The summed E-state index contributed by atoms with van der Waals surface area (Å²) in [5.41, 5.74) is 0.112. The van der Waals surface area contributed by atoms with Gasteiger partial charge in [-0.25, -0.2) is 0 Å². The second kappa shape index (κ2) is 5.15. The molecule has 0 atom stereocenters. The van der Waals surface area contributed by atoms with Crippen LogP contribution in [0.15, 0.2) is 23.8 Å². The molecule has 2 aromatic heterocycles. The second-order valence-electron chi connectivity index (χ2n) is 2.25. The van der Waals surface area contributed by atoms with Crippen molar-refractivity contribution in [1.82, 2.24) is 15.0 Å². The number of carboxylic acid groups (broad SMARTS) is 1. The summed E-state index contributed by atoms with van der Waals surface area (Å²) in [6, 6.07) is 1.47. The van der Waals surface area contributed by atoms with Crippen LogP contribution in [0.5, 0.6) is 0 Å². The zero-order valence-corrected chi connectivity index (χ0v) is 11.3. The van der Waals surface area contributed by atoms with Crippen molar-refractivity contribution in [2.24, 2.45) is 0 Å². The van der Waals surface area contributed by atoms with Crippen molar-refractivity contribution in [2.45, 2.75) is 0 Å². The molecule has 0 bridgehead atoms. The van der Waals surface area contributed by atoms with Gasteiger partial charge in [-0.2, -0.15) is 10.2 Å². The monoisotopic (exact) mass is 233 g/mol. The Morgan fingerprint density at radius 1 is 1.43 bits per heavy atom. The quantitative estimate of drug-likeness (QED) is 0.509. The van der Waals surface area contributed by atoms with Gasteiger partial charge in [0.2, 0.25) is 0 Å². The normalized spacial score (nSPS) is 9.43. The van der Waals surface area contributed by atoms with E-state index in [4.69, 9.17) is 0 Å². The fourth-order valence-electron chi connectivity index (χ4n) is 0.932. The van der Waals surface area contributed by atoms with Gasteiger partial charge in [0.05, 0.1) is 18.4 Å². The Kier molecular flexibility index (Phi) is 4.42. The molecule has 0 amide bonds. The molecule has 2 heterocycles. The van der Waals surface area contributed by atoms with E-state index in [-0.39, 0.29) is 56.9 Å².